The van der Waals surface area contributed by atoms with Crippen molar-refractivity contribution < 1.29 is 19.6 Å². The van der Waals surface area contributed by atoms with Crippen molar-refractivity contribution in [1.29, 1.82) is 0 Å². The van der Waals surface area contributed by atoms with Gasteiger partial charge in [0.05, 0.1) is 6.21 Å². The Labute approximate surface area is 115 Å². The van der Waals surface area contributed by atoms with E-state index in [-0.39, 0.29) is 24.0 Å². The monoisotopic (exact) mass is 272 g/mol. The molecule has 3 N–H and O–H groups in total. The number of benzene rings is 1. The second kappa shape index (κ2) is 6.33. The third kappa shape index (κ3) is 3.81. The number of amides is 1. The van der Waals surface area contributed by atoms with Crippen LogP contribution < -0.4 is 9.99 Å². The highest BCUT2D eigenvalue weighted by Gasteiger charge is 2.06. The quantitative estimate of drug-likeness (QED) is 0.431. The third-order valence-electron chi connectivity index (χ3n) is 2.51. The molecule has 2 aromatic rings. The molecule has 0 aliphatic heterocycles. The Balaban J connectivity index is 1.91. The van der Waals surface area contributed by atoms with Crippen LogP contribution in [-0.4, -0.2) is 22.3 Å². The topological polar surface area (TPSA) is 85.8 Å². The van der Waals surface area contributed by atoms with Crippen molar-refractivity contribution in [3.63, 3.8) is 0 Å². The molecule has 0 unspecified atom stereocenters. The maximum Gasteiger partial charge on any atom is 0.305 e. The standard InChI is InChI=1S/C14H13N3O3/c18-12-5-4-11(13(19)8-12)9-15-16-14(20)10-17-6-2-1-3-7-17/h1-9H,10H2,(H2-,15,16,18,19,20)/p+1. The van der Waals surface area contributed by atoms with Crippen LogP contribution in [0.2, 0.25) is 0 Å². The molecule has 0 aliphatic carbocycles. The van der Waals surface area contributed by atoms with E-state index < -0.39 is 0 Å². The first-order valence-electron chi connectivity index (χ1n) is 5.93. The van der Waals surface area contributed by atoms with Gasteiger partial charge in [-0.1, -0.05) is 6.07 Å². The van der Waals surface area contributed by atoms with Crippen molar-refractivity contribution in [2.75, 3.05) is 0 Å². The Morgan fingerprint density at radius 2 is 2.00 bits per heavy atom. The molecule has 20 heavy (non-hydrogen) atoms. The van der Waals surface area contributed by atoms with E-state index in [0.29, 0.717) is 5.56 Å². The van der Waals surface area contributed by atoms with E-state index in [2.05, 4.69) is 10.5 Å². The third-order valence-corrected chi connectivity index (χ3v) is 2.51. The predicted molar refractivity (Wildman–Crippen MR) is 72.1 cm³/mol. The minimum Gasteiger partial charge on any atom is -0.508 e. The van der Waals surface area contributed by atoms with Crippen LogP contribution in [0.4, 0.5) is 0 Å². The number of nitrogens with one attached hydrogen (secondary N) is 1. The Morgan fingerprint density at radius 3 is 2.70 bits per heavy atom. The van der Waals surface area contributed by atoms with Crippen molar-refractivity contribution >= 4 is 12.1 Å². The zero-order chi connectivity index (χ0) is 14.4. The van der Waals surface area contributed by atoms with Crippen LogP contribution in [-0.2, 0) is 11.3 Å². The van der Waals surface area contributed by atoms with Crippen molar-refractivity contribution in [3.8, 4) is 11.5 Å². The van der Waals surface area contributed by atoms with Gasteiger partial charge in [0.1, 0.15) is 11.5 Å². The number of phenols is 2. The maximum absolute atomic E-state index is 11.6. The lowest BCUT2D eigenvalue weighted by molar-refractivity contribution is -0.684. The summed E-state index contributed by atoms with van der Waals surface area (Å²) >= 11 is 0. The summed E-state index contributed by atoms with van der Waals surface area (Å²) in [5, 5.41) is 22.4. The molecular weight excluding hydrogens is 258 g/mol. The molecule has 0 fully saturated rings. The molecule has 1 heterocycles. The summed E-state index contributed by atoms with van der Waals surface area (Å²) < 4.78 is 1.71. The van der Waals surface area contributed by atoms with Crippen LogP contribution in [0.1, 0.15) is 5.56 Å². The number of hydrogen-bond donors (Lipinski definition) is 3. The molecule has 0 saturated carbocycles. The number of aromatic hydroxyl groups is 2. The summed E-state index contributed by atoms with van der Waals surface area (Å²) in [6.45, 7) is 0.153. The molecule has 2 rings (SSSR count). The lowest BCUT2D eigenvalue weighted by Gasteiger charge is -1.99. The average molecular weight is 272 g/mol. The van der Waals surface area contributed by atoms with Gasteiger partial charge < -0.3 is 10.2 Å². The zero-order valence-corrected chi connectivity index (χ0v) is 10.6. The van der Waals surface area contributed by atoms with Gasteiger partial charge in [-0.05, 0) is 12.1 Å². The van der Waals surface area contributed by atoms with E-state index in [0.717, 1.165) is 0 Å². The highest BCUT2D eigenvalue weighted by molar-refractivity contribution is 5.85. The van der Waals surface area contributed by atoms with E-state index in [1.807, 2.05) is 18.2 Å². The molecule has 1 aromatic carbocycles. The van der Waals surface area contributed by atoms with E-state index in [1.165, 1.54) is 24.4 Å². The van der Waals surface area contributed by atoms with Gasteiger partial charge in [0.2, 0.25) is 6.54 Å². The number of carbonyl (C=O) groups is 1. The minimum absolute atomic E-state index is 0.0378. The molecule has 0 radical (unpaired) electrons. The summed E-state index contributed by atoms with van der Waals surface area (Å²) in [7, 11) is 0. The number of pyridine rings is 1. The van der Waals surface area contributed by atoms with E-state index in [9.17, 15) is 9.90 Å². The van der Waals surface area contributed by atoms with Crippen LogP contribution in [0.3, 0.4) is 0 Å². The maximum atomic E-state index is 11.6. The number of carbonyl (C=O) groups excluding carboxylic acids is 1. The molecule has 1 amide bonds. The highest BCUT2D eigenvalue weighted by Crippen LogP contribution is 2.20. The SMILES string of the molecule is O=C(C[n+]1ccccc1)NN=Cc1ccc(O)cc1O. The Bertz CT molecular complexity index is 627. The predicted octanol–water partition coefficient (Wildman–Crippen LogP) is 0.536. The molecule has 6 nitrogen and oxygen atoms in total. The van der Waals surface area contributed by atoms with Crippen LogP contribution in [0.5, 0.6) is 11.5 Å². The van der Waals surface area contributed by atoms with Crippen LogP contribution in [0, 0.1) is 0 Å². The summed E-state index contributed by atoms with van der Waals surface area (Å²) in [6, 6.07) is 9.62. The number of nitrogens with zero attached hydrogens (tertiary/aromatic N) is 2. The molecule has 0 aliphatic rings. The normalized spacial score (nSPS) is 10.6. The van der Waals surface area contributed by atoms with Crippen molar-refractivity contribution in [2.24, 2.45) is 5.10 Å². The minimum atomic E-state index is -0.282. The highest BCUT2D eigenvalue weighted by atomic mass is 16.3. The second-order valence-corrected chi connectivity index (χ2v) is 4.08. The molecule has 1 aromatic heterocycles. The van der Waals surface area contributed by atoms with Crippen molar-refractivity contribution in [3.05, 3.63) is 54.4 Å². The largest absolute Gasteiger partial charge is 0.508 e. The van der Waals surface area contributed by atoms with Gasteiger partial charge in [-0.2, -0.15) is 9.67 Å². The molecule has 0 atom stereocenters. The van der Waals surface area contributed by atoms with Crippen LogP contribution in [0.25, 0.3) is 0 Å². The lowest BCUT2D eigenvalue weighted by Crippen LogP contribution is -2.40. The average Bonchev–Trinajstić information content (AvgIpc) is 2.42. The Kier molecular flexibility index (Phi) is 4.28. The van der Waals surface area contributed by atoms with E-state index in [4.69, 9.17) is 5.11 Å². The van der Waals surface area contributed by atoms with Crippen LogP contribution >= 0.6 is 0 Å². The van der Waals surface area contributed by atoms with Crippen LogP contribution in [0.15, 0.2) is 53.9 Å². The summed E-state index contributed by atoms with van der Waals surface area (Å²) in [5.41, 5.74) is 2.76. The van der Waals surface area contributed by atoms with Crippen molar-refractivity contribution in [2.45, 2.75) is 6.54 Å². The number of rotatable bonds is 4. The second-order valence-electron chi connectivity index (χ2n) is 4.08. The fourth-order valence-electron chi connectivity index (χ4n) is 1.56. The van der Waals surface area contributed by atoms with Gasteiger partial charge >= 0.3 is 5.91 Å². The summed E-state index contributed by atoms with van der Waals surface area (Å²) in [6.07, 6.45) is 4.85. The van der Waals surface area contributed by atoms with Gasteiger partial charge in [0, 0.05) is 23.8 Å². The van der Waals surface area contributed by atoms with Gasteiger partial charge in [-0.25, -0.2) is 5.43 Å². The van der Waals surface area contributed by atoms with Gasteiger partial charge in [0.15, 0.2) is 12.4 Å². The molecule has 102 valence electrons. The smallest absolute Gasteiger partial charge is 0.305 e. The number of phenolic OH excluding ortho intramolecular Hbond substituents is 2. The lowest BCUT2D eigenvalue weighted by atomic mass is 10.2. The molecule has 0 bridgehead atoms. The fraction of sp³-hybridized carbons (Fsp3) is 0.0714. The first-order valence-corrected chi connectivity index (χ1v) is 5.93. The van der Waals surface area contributed by atoms with Crippen molar-refractivity contribution in [1.82, 2.24) is 5.43 Å². The Morgan fingerprint density at radius 1 is 1.25 bits per heavy atom. The van der Waals surface area contributed by atoms with Gasteiger partial charge in [-0.15, -0.1) is 0 Å². The van der Waals surface area contributed by atoms with E-state index in [1.54, 1.807) is 17.0 Å². The van der Waals surface area contributed by atoms with Gasteiger partial charge in [-0.3, -0.25) is 4.79 Å². The fourth-order valence-corrected chi connectivity index (χ4v) is 1.56. The number of hydrazone groups is 1. The van der Waals surface area contributed by atoms with E-state index >= 15 is 0 Å². The number of hydrogen-bond acceptors (Lipinski definition) is 4. The zero-order valence-electron chi connectivity index (χ0n) is 10.6. The first-order chi connectivity index (χ1) is 9.65. The first kappa shape index (κ1) is 13.5. The summed E-state index contributed by atoms with van der Waals surface area (Å²) in [4.78, 5) is 11.6. The molecule has 0 spiro atoms. The molecule has 0 saturated heterocycles. The molecular formula is C14H14N3O3+. The van der Waals surface area contributed by atoms with Gasteiger partial charge in [0.25, 0.3) is 0 Å². The summed E-state index contributed by atoms with van der Waals surface area (Å²) in [5.74, 6) is -0.430. The Hall–Kier alpha value is -2.89. The molecule has 6 heteroatoms. The number of aromatic nitrogens is 1.